The SMILES string of the molecule is CC(C)C(C)(C)CNS(=O)(=O)c1ccc(S(=O)(=O)Cl)cc1. The van der Waals surface area contributed by atoms with E-state index in [0.717, 1.165) is 0 Å². The van der Waals surface area contributed by atoms with Crippen LogP contribution < -0.4 is 4.72 Å². The van der Waals surface area contributed by atoms with Gasteiger partial charge < -0.3 is 0 Å². The van der Waals surface area contributed by atoms with Gasteiger partial charge in [0.05, 0.1) is 9.79 Å². The van der Waals surface area contributed by atoms with Gasteiger partial charge in [-0.05, 0) is 35.6 Å². The van der Waals surface area contributed by atoms with Gasteiger partial charge in [0.2, 0.25) is 10.0 Å². The molecule has 1 rings (SSSR count). The molecule has 0 heterocycles. The fourth-order valence-corrected chi connectivity index (χ4v) is 3.34. The Balaban J connectivity index is 2.94. The van der Waals surface area contributed by atoms with Crippen LogP contribution in [0.5, 0.6) is 0 Å². The molecule has 21 heavy (non-hydrogen) atoms. The van der Waals surface area contributed by atoms with Crippen molar-refractivity contribution in [3.8, 4) is 0 Å². The molecule has 0 spiro atoms. The van der Waals surface area contributed by atoms with E-state index in [4.69, 9.17) is 10.7 Å². The molecule has 5 nitrogen and oxygen atoms in total. The topological polar surface area (TPSA) is 80.3 Å². The minimum atomic E-state index is -3.85. The number of rotatable bonds is 6. The zero-order chi connectivity index (χ0) is 16.5. The van der Waals surface area contributed by atoms with Crippen molar-refractivity contribution in [1.29, 1.82) is 0 Å². The van der Waals surface area contributed by atoms with Gasteiger partial charge in [-0.2, -0.15) is 0 Å². The van der Waals surface area contributed by atoms with E-state index in [9.17, 15) is 16.8 Å². The quantitative estimate of drug-likeness (QED) is 0.797. The molecule has 1 N–H and O–H groups in total. The smallest absolute Gasteiger partial charge is 0.211 e. The average Bonchev–Trinajstić information content (AvgIpc) is 2.36. The van der Waals surface area contributed by atoms with E-state index in [1.807, 2.05) is 27.7 Å². The Morgan fingerprint density at radius 1 is 1.05 bits per heavy atom. The molecular formula is C13H20ClNO4S2. The van der Waals surface area contributed by atoms with Crippen LogP contribution in [0.15, 0.2) is 34.1 Å². The lowest BCUT2D eigenvalue weighted by Gasteiger charge is -2.29. The normalized spacial score (nSPS) is 13.6. The number of hydrogen-bond acceptors (Lipinski definition) is 4. The zero-order valence-corrected chi connectivity index (χ0v) is 14.8. The summed E-state index contributed by atoms with van der Waals surface area (Å²) in [6.45, 7) is 8.29. The van der Waals surface area contributed by atoms with Crippen LogP contribution in [0.3, 0.4) is 0 Å². The summed E-state index contributed by atoms with van der Waals surface area (Å²) in [6, 6.07) is 4.79. The highest BCUT2D eigenvalue weighted by Gasteiger charge is 2.25. The lowest BCUT2D eigenvalue weighted by atomic mass is 9.81. The van der Waals surface area contributed by atoms with Gasteiger partial charge >= 0.3 is 0 Å². The van der Waals surface area contributed by atoms with Crippen molar-refractivity contribution < 1.29 is 16.8 Å². The van der Waals surface area contributed by atoms with Gasteiger partial charge in [0, 0.05) is 17.2 Å². The summed E-state index contributed by atoms with van der Waals surface area (Å²) < 4.78 is 49.1. The van der Waals surface area contributed by atoms with Crippen LogP contribution in [-0.4, -0.2) is 23.4 Å². The van der Waals surface area contributed by atoms with Crippen molar-refractivity contribution in [1.82, 2.24) is 4.72 Å². The van der Waals surface area contributed by atoms with Crippen molar-refractivity contribution in [2.75, 3.05) is 6.54 Å². The van der Waals surface area contributed by atoms with Crippen LogP contribution in [-0.2, 0) is 19.1 Å². The maximum atomic E-state index is 12.2. The summed E-state index contributed by atoms with van der Waals surface area (Å²) in [7, 11) is -2.34. The first kappa shape index (κ1) is 18.4. The fraction of sp³-hybridized carbons (Fsp3) is 0.538. The maximum Gasteiger partial charge on any atom is 0.261 e. The predicted molar refractivity (Wildman–Crippen MR) is 83.3 cm³/mol. The number of benzene rings is 1. The first-order chi connectivity index (χ1) is 9.36. The summed E-state index contributed by atoms with van der Waals surface area (Å²) in [4.78, 5) is -0.128. The third kappa shape index (κ3) is 4.95. The Bertz CT molecular complexity index is 692. The number of halogens is 1. The standard InChI is InChI=1S/C13H20ClNO4S2/c1-10(2)13(3,4)9-15-21(18,19)12-7-5-11(6-8-12)20(14,16)17/h5-8,10,15H,9H2,1-4H3. The molecular weight excluding hydrogens is 334 g/mol. The Hall–Kier alpha value is -0.630. The second-order valence-corrected chi connectivity index (χ2v) is 10.2. The van der Waals surface area contributed by atoms with Gasteiger partial charge in [-0.1, -0.05) is 27.7 Å². The van der Waals surface area contributed by atoms with Crippen molar-refractivity contribution in [2.45, 2.75) is 37.5 Å². The van der Waals surface area contributed by atoms with Crippen molar-refractivity contribution in [3.05, 3.63) is 24.3 Å². The van der Waals surface area contributed by atoms with Gasteiger partial charge in [0.1, 0.15) is 0 Å². The number of nitrogens with one attached hydrogen (secondary N) is 1. The van der Waals surface area contributed by atoms with Crippen LogP contribution >= 0.6 is 10.7 Å². The third-order valence-electron chi connectivity index (χ3n) is 3.70. The molecule has 0 aliphatic rings. The van der Waals surface area contributed by atoms with Gasteiger partial charge in [-0.3, -0.25) is 0 Å². The van der Waals surface area contributed by atoms with Crippen molar-refractivity contribution in [3.63, 3.8) is 0 Å². The van der Waals surface area contributed by atoms with Crippen LogP contribution in [0, 0.1) is 11.3 Å². The Kier molecular flexibility index (Phi) is 5.47. The van der Waals surface area contributed by atoms with E-state index in [1.54, 1.807) is 0 Å². The summed E-state index contributed by atoms with van der Waals surface area (Å²) in [5, 5.41) is 0. The second-order valence-electron chi connectivity index (χ2n) is 5.88. The molecule has 0 fully saturated rings. The van der Waals surface area contributed by atoms with Gasteiger partial charge in [0.15, 0.2) is 0 Å². The lowest BCUT2D eigenvalue weighted by Crippen LogP contribution is -2.36. The van der Waals surface area contributed by atoms with Crippen molar-refractivity contribution in [2.24, 2.45) is 11.3 Å². The van der Waals surface area contributed by atoms with E-state index in [0.29, 0.717) is 12.5 Å². The molecule has 0 unspecified atom stereocenters. The summed E-state index contributed by atoms with van der Waals surface area (Å²) in [5.41, 5.74) is -0.188. The van der Waals surface area contributed by atoms with Crippen LogP contribution in [0.4, 0.5) is 0 Å². The van der Waals surface area contributed by atoms with Crippen molar-refractivity contribution >= 4 is 29.8 Å². The first-order valence-electron chi connectivity index (χ1n) is 6.41. The minimum absolute atomic E-state index is 0.00567. The van der Waals surface area contributed by atoms with Crippen LogP contribution in [0.1, 0.15) is 27.7 Å². The Labute approximate surface area is 131 Å². The number of hydrogen-bond donors (Lipinski definition) is 1. The van der Waals surface area contributed by atoms with Gasteiger partial charge in [-0.25, -0.2) is 21.6 Å². The van der Waals surface area contributed by atoms with Gasteiger partial charge in [-0.15, -0.1) is 0 Å². The molecule has 0 saturated carbocycles. The third-order valence-corrected chi connectivity index (χ3v) is 6.48. The first-order valence-corrected chi connectivity index (χ1v) is 10.2. The van der Waals surface area contributed by atoms with Gasteiger partial charge in [0.25, 0.3) is 9.05 Å². The molecule has 0 aromatic heterocycles. The molecule has 0 saturated heterocycles. The number of sulfonamides is 1. The highest BCUT2D eigenvalue weighted by atomic mass is 35.7. The van der Waals surface area contributed by atoms with Crippen LogP contribution in [0.25, 0.3) is 0 Å². The monoisotopic (exact) mass is 353 g/mol. The Morgan fingerprint density at radius 2 is 1.48 bits per heavy atom. The molecule has 0 amide bonds. The molecule has 0 aliphatic heterocycles. The van der Waals surface area contributed by atoms with E-state index in [2.05, 4.69) is 4.72 Å². The summed E-state index contributed by atoms with van der Waals surface area (Å²) in [6.07, 6.45) is 0. The molecule has 0 atom stereocenters. The molecule has 1 aromatic carbocycles. The average molecular weight is 354 g/mol. The molecule has 8 heteroatoms. The summed E-state index contributed by atoms with van der Waals surface area (Å²) in [5.74, 6) is 0.309. The lowest BCUT2D eigenvalue weighted by molar-refractivity contribution is 0.252. The fourth-order valence-electron chi connectivity index (χ4n) is 1.35. The van der Waals surface area contributed by atoms with E-state index >= 15 is 0 Å². The minimum Gasteiger partial charge on any atom is -0.211 e. The second kappa shape index (κ2) is 6.24. The van der Waals surface area contributed by atoms with E-state index in [-0.39, 0.29) is 15.2 Å². The highest BCUT2D eigenvalue weighted by molar-refractivity contribution is 8.13. The Morgan fingerprint density at radius 3 is 1.86 bits per heavy atom. The largest absolute Gasteiger partial charge is 0.261 e. The predicted octanol–water partition coefficient (Wildman–Crippen LogP) is 2.57. The molecule has 0 radical (unpaired) electrons. The molecule has 0 aliphatic carbocycles. The summed E-state index contributed by atoms with van der Waals surface area (Å²) >= 11 is 0. The molecule has 1 aromatic rings. The van der Waals surface area contributed by atoms with E-state index < -0.39 is 19.1 Å². The maximum absolute atomic E-state index is 12.2. The van der Waals surface area contributed by atoms with E-state index in [1.165, 1.54) is 24.3 Å². The highest BCUT2D eigenvalue weighted by Crippen LogP contribution is 2.25. The van der Waals surface area contributed by atoms with Crippen LogP contribution in [0.2, 0.25) is 0 Å². The zero-order valence-electron chi connectivity index (χ0n) is 12.4. The molecule has 0 bridgehead atoms. The molecule has 120 valence electrons.